The SMILES string of the molecule is COc1ccc(Cl)cc1C(c1ccc(C(C)C)cc1)N1CCCNCC1. The summed E-state index contributed by atoms with van der Waals surface area (Å²) in [6, 6.07) is 15.1. The van der Waals surface area contributed by atoms with Crippen LogP contribution in [0.15, 0.2) is 42.5 Å². The average molecular weight is 373 g/mol. The van der Waals surface area contributed by atoms with Crippen LogP contribution in [0.2, 0.25) is 5.02 Å². The van der Waals surface area contributed by atoms with Crippen LogP contribution in [0.5, 0.6) is 5.75 Å². The number of benzene rings is 2. The van der Waals surface area contributed by atoms with Gasteiger partial charge in [0.2, 0.25) is 0 Å². The zero-order valence-corrected chi connectivity index (χ0v) is 16.7. The molecule has 26 heavy (non-hydrogen) atoms. The summed E-state index contributed by atoms with van der Waals surface area (Å²) in [5.74, 6) is 1.43. The minimum Gasteiger partial charge on any atom is -0.496 e. The van der Waals surface area contributed by atoms with Crippen molar-refractivity contribution in [2.45, 2.75) is 32.2 Å². The van der Waals surface area contributed by atoms with E-state index in [4.69, 9.17) is 16.3 Å². The van der Waals surface area contributed by atoms with E-state index >= 15 is 0 Å². The molecule has 4 heteroatoms. The Kier molecular flexibility index (Phi) is 6.58. The van der Waals surface area contributed by atoms with E-state index in [-0.39, 0.29) is 6.04 Å². The fourth-order valence-corrected chi connectivity index (χ4v) is 3.87. The molecular weight excluding hydrogens is 344 g/mol. The van der Waals surface area contributed by atoms with E-state index in [2.05, 4.69) is 54.4 Å². The van der Waals surface area contributed by atoms with Crippen molar-refractivity contribution >= 4 is 11.6 Å². The van der Waals surface area contributed by atoms with Crippen LogP contribution in [-0.4, -0.2) is 38.2 Å². The number of nitrogens with zero attached hydrogens (tertiary/aromatic N) is 1. The van der Waals surface area contributed by atoms with Crippen LogP contribution in [-0.2, 0) is 0 Å². The van der Waals surface area contributed by atoms with Gasteiger partial charge in [0, 0.05) is 30.2 Å². The molecular formula is C22H29ClN2O. The van der Waals surface area contributed by atoms with E-state index in [0.717, 1.165) is 48.9 Å². The Morgan fingerprint density at radius 2 is 1.73 bits per heavy atom. The standard InChI is InChI=1S/C22H29ClN2O/c1-16(2)17-5-7-18(8-6-17)22(25-13-4-11-24-12-14-25)20-15-19(23)9-10-21(20)26-3/h5-10,15-16,22,24H,4,11-14H2,1-3H3. The number of rotatable bonds is 5. The van der Waals surface area contributed by atoms with Crippen molar-refractivity contribution in [3.63, 3.8) is 0 Å². The molecule has 1 unspecified atom stereocenters. The fraction of sp³-hybridized carbons (Fsp3) is 0.455. The van der Waals surface area contributed by atoms with Gasteiger partial charge in [-0.3, -0.25) is 4.90 Å². The van der Waals surface area contributed by atoms with Gasteiger partial charge >= 0.3 is 0 Å². The first-order valence-corrected chi connectivity index (χ1v) is 9.86. The van der Waals surface area contributed by atoms with Crippen molar-refractivity contribution in [3.8, 4) is 5.75 Å². The third-order valence-electron chi connectivity index (χ3n) is 5.15. The maximum Gasteiger partial charge on any atom is 0.124 e. The van der Waals surface area contributed by atoms with Gasteiger partial charge in [-0.25, -0.2) is 0 Å². The summed E-state index contributed by atoms with van der Waals surface area (Å²) in [7, 11) is 1.73. The van der Waals surface area contributed by atoms with Gasteiger partial charge in [-0.1, -0.05) is 49.7 Å². The minimum absolute atomic E-state index is 0.143. The van der Waals surface area contributed by atoms with Gasteiger partial charge < -0.3 is 10.1 Å². The second-order valence-corrected chi connectivity index (χ2v) is 7.69. The zero-order valence-electron chi connectivity index (χ0n) is 16.0. The summed E-state index contributed by atoms with van der Waals surface area (Å²) in [6.07, 6.45) is 1.14. The smallest absolute Gasteiger partial charge is 0.124 e. The normalized spacial score (nSPS) is 17.1. The topological polar surface area (TPSA) is 24.5 Å². The number of methoxy groups -OCH3 is 1. The highest BCUT2D eigenvalue weighted by Crippen LogP contribution is 2.37. The molecule has 0 aliphatic carbocycles. The molecule has 0 amide bonds. The zero-order chi connectivity index (χ0) is 18.5. The quantitative estimate of drug-likeness (QED) is 0.811. The van der Waals surface area contributed by atoms with Crippen molar-refractivity contribution in [2.24, 2.45) is 0 Å². The van der Waals surface area contributed by atoms with E-state index in [1.165, 1.54) is 11.1 Å². The first kappa shape index (κ1) is 19.2. The molecule has 1 aliphatic heterocycles. The Morgan fingerprint density at radius 1 is 1.00 bits per heavy atom. The van der Waals surface area contributed by atoms with Crippen molar-refractivity contribution in [1.82, 2.24) is 10.2 Å². The first-order chi connectivity index (χ1) is 12.6. The summed E-state index contributed by atoms with van der Waals surface area (Å²) < 4.78 is 5.69. The molecule has 0 saturated carbocycles. The van der Waals surface area contributed by atoms with Gasteiger partial charge in [0.05, 0.1) is 13.2 Å². The lowest BCUT2D eigenvalue weighted by Crippen LogP contribution is -2.33. The lowest BCUT2D eigenvalue weighted by molar-refractivity contribution is 0.236. The number of halogens is 1. The van der Waals surface area contributed by atoms with E-state index in [1.807, 2.05) is 12.1 Å². The van der Waals surface area contributed by atoms with Crippen molar-refractivity contribution in [3.05, 3.63) is 64.2 Å². The summed E-state index contributed by atoms with van der Waals surface area (Å²) >= 11 is 6.36. The Hall–Kier alpha value is -1.55. The van der Waals surface area contributed by atoms with Gasteiger partial charge in [-0.2, -0.15) is 0 Å². The predicted octanol–water partition coefficient (Wildman–Crippen LogP) is 4.86. The maximum atomic E-state index is 6.36. The molecule has 1 atom stereocenters. The molecule has 1 aliphatic rings. The second kappa shape index (κ2) is 8.90. The van der Waals surface area contributed by atoms with E-state index < -0.39 is 0 Å². The molecule has 0 radical (unpaired) electrons. The lowest BCUT2D eigenvalue weighted by atomic mass is 9.93. The highest BCUT2D eigenvalue weighted by atomic mass is 35.5. The van der Waals surface area contributed by atoms with E-state index in [1.54, 1.807) is 7.11 Å². The molecule has 0 aromatic heterocycles. The highest BCUT2D eigenvalue weighted by molar-refractivity contribution is 6.30. The molecule has 0 spiro atoms. The summed E-state index contributed by atoms with van der Waals surface area (Å²) in [6.45, 7) is 8.59. The Bertz CT molecular complexity index is 707. The third-order valence-corrected chi connectivity index (χ3v) is 5.38. The van der Waals surface area contributed by atoms with Gasteiger partial charge in [0.25, 0.3) is 0 Å². The van der Waals surface area contributed by atoms with Crippen LogP contribution in [0.3, 0.4) is 0 Å². The molecule has 1 N–H and O–H groups in total. The largest absolute Gasteiger partial charge is 0.496 e. The molecule has 1 fully saturated rings. The predicted molar refractivity (Wildman–Crippen MR) is 109 cm³/mol. The maximum absolute atomic E-state index is 6.36. The Labute approximate surface area is 162 Å². The third kappa shape index (κ3) is 4.40. The van der Waals surface area contributed by atoms with Crippen LogP contribution in [0.25, 0.3) is 0 Å². The van der Waals surface area contributed by atoms with Gasteiger partial charge in [0.1, 0.15) is 5.75 Å². The Morgan fingerprint density at radius 3 is 2.42 bits per heavy atom. The highest BCUT2D eigenvalue weighted by Gasteiger charge is 2.26. The molecule has 3 nitrogen and oxygen atoms in total. The number of hydrogen-bond acceptors (Lipinski definition) is 3. The van der Waals surface area contributed by atoms with E-state index in [0.29, 0.717) is 5.92 Å². The number of hydrogen-bond donors (Lipinski definition) is 1. The summed E-state index contributed by atoms with van der Waals surface area (Å²) in [4.78, 5) is 2.54. The molecule has 3 rings (SSSR count). The van der Waals surface area contributed by atoms with Crippen molar-refractivity contribution in [1.29, 1.82) is 0 Å². The Balaban J connectivity index is 2.05. The second-order valence-electron chi connectivity index (χ2n) is 7.25. The van der Waals surface area contributed by atoms with Crippen LogP contribution >= 0.6 is 11.6 Å². The molecule has 140 valence electrons. The monoisotopic (exact) mass is 372 g/mol. The first-order valence-electron chi connectivity index (χ1n) is 9.48. The molecule has 1 heterocycles. The van der Waals surface area contributed by atoms with Gasteiger partial charge in [0.15, 0.2) is 0 Å². The van der Waals surface area contributed by atoms with E-state index in [9.17, 15) is 0 Å². The minimum atomic E-state index is 0.143. The summed E-state index contributed by atoms with van der Waals surface area (Å²) in [5, 5.41) is 4.25. The molecule has 2 aromatic rings. The van der Waals surface area contributed by atoms with Crippen LogP contribution in [0, 0.1) is 0 Å². The molecule has 0 bridgehead atoms. The fourth-order valence-electron chi connectivity index (χ4n) is 3.69. The van der Waals surface area contributed by atoms with Crippen molar-refractivity contribution < 1.29 is 4.74 Å². The molecule has 1 saturated heterocycles. The van der Waals surface area contributed by atoms with Crippen LogP contribution in [0.1, 0.15) is 48.9 Å². The van der Waals surface area contributed by atoms with Crippen LogP contribution < -0.4 is 10.1 Å². The summed E-state index contributed by atoms with van der Waals surface area (Å²) in [5.41, 5.74) is 3.79. The molecule has 2 aromatic carbocycles. The van der Waals surface area contributed by atoms with Crippen LogP contribution in [0.4, 0.5) is 0 Å². The number of ether oxygens (including phenoxy) is 1. The number of nitrogens with one attached hydrogen (secondary N) is 1. The van der Waals surface area contributed by atoms with Gasteiger partial charge in [-0.15, -0.1) is 0 Å². The van der Waals surface area contributed by atoms with Crippen molar-refractivity contribution in [2.75, 3.05) is 33.3 Å². The lowest BCUT2D eigenvalue weighted by Gasteiger charge is -2.32. The average Bonchev–Trinajstić information content (AvgIpc) is 2.92. The van der Waals surface area contributed by atoms with Gasteiger partial charge in [-0.05, 0) is 48.2 Å².